The van der Waals surface area contributed by atoms with Gasteiger partial charge in [-0.05, 0) is 44.4 Å². The second-order valence-corrected chi connectivity index (χ2v) is 5.98. The number of aromatic nitrogens is 1. The van der Waals surface area contributed by atoms with Crippen molar-refractivity contribution in [3.8, 4) is 0 Å². The van der Waals surface area contributed by atoms with E-state index in [2.05, 4.69) is 43.2 Å². The Hall–Kier alpha value is -0.890. The fourth-order valence-corrected chi connectivity index (χ4v) is 3.39. The van der Waals surface area contributed by atoms with Crippen molar-refractivity contribution in [1.82, 2.24) is 10.3 Å². The summed E-state index contributed by atoms with van der Waals surface area (Å²) in [6.45, 7) is 7.45. The first-order valence-electron chi connectivity index (χ1n) is 7.88. The highest BCUT2D eigenvalue weighted by atomic mass is 14.9. The molecule has 0 spiro atoms. The van der Waals surface area contributed by atoms with Gasteiger partial charge >= 0.3 is 0 Å². The maximum atomic E-state index is 4.63. The first-order valence-corrected chi connectivity index (χ1v) is 7.88. The number of aryl methyl sites for hydroxylation is 2. The molecule has 2 heteroatoms. The second-order valence-electron chi connectivity index (χ2n) is 5.98. The van der Waals surface area contributed by atoms with E-state index in [1.807, 2.05) is 0 Å². The number of hydrogen-bond acceptors (Lipinski definition) is 2. The molecule has 1 N–H and O–H groups in total. The van der Waals surface area contributed by atoms with Gasteiger partial charge in [-0.3, -0.25) is 4.98 Å². The van der Waals surface area contributed by atoms with Crippen molar-refractivity contribution in [2.75, 3.05) is 6.54 Å². The Morgan fingerprint density at radius 3 is 2.58 bits per heavy atom. The molecule has 19 heavy (non-hydrogen) atoms. The van der Waals surface area contributed by atoms with Crippen LogP contribution in [0.5, 0.6) is 0 Å². The van der Waals surface area contributed by atoms with Gasteiger partial charge in [0.05, 0.1) is 0 Å². The zero-order chi connectivity index (χ0) is 13.7. The molecule has 2 rings (SSSR count). The van der Waals surface area contributed by atoms with E-state index in [1.165, 1.54) is 49.8 Å². The Balaban J connectivity index is 2.09. The van der Waals surface area contributed by atoms with Crippen LogP contribution in [0.1, 0.15) is 68.4 Å². The van der Waals surface area contributed by atoms with Crippen LogP contribution in [0.4, 0.5) is 0 Å². The van der Waals surface area contributed by atoms with Crippen LogP contribution in [0.15, 0.2) is 12.1 Å². The predicted molar refractivity (Wildman–Crippen MR) is 81.3 cm³/mol. The number of nitrogens with zero attached hydrogens (tertiary/aromatic N) is 1. The SMILES string of the molecule is CCNC(CC1CCCCC1)c1ccc(C)nc1C. The van der Waals surface area contributed by atoms with Gasteiger partial charge in [-0.1, -0.05) is 45.1 Å². The van der Waals surface area contributed by atoms with Crippen LogP contribution >= 0.6 is 0 Å². The van der Waals surface area contributed by atoms with E-state index in [9.17, 15) is 0 Å². The molecule has 0 saturated heterocycles. The topological polar surface area (TPSA) is 24.9 Å². The third kappa shape index (κ3) is 4.04. The molecule has 0 aliphatic heterocycles. The highest BCUT2D eigenvalue weighted by Crippen LogP contribution is 2.32. The fraction of sp³-hybridized carbons (Fsp3) is 0.706. The van der Waals surface area contributed by atoms with Gasteiger partial charge in [0, 0.05) is 17.4 Å². The van der Waals surface area contributed by atoms with Gasteiger partial charge in [0.2, 0.25) is 0 Å². The zero-order valence-electron chi connectivity index (χ0n) is 12.7. The van der Waals surface area contributed by atoms with E-state index in [-0.39, 0.29) is 0 Å². The third-order valence-corrected chi connectivity index (χ3v) is 4.39. The molecule has 1 aromatic heterocycles. The van der Waals surface area contributed by atoms with Gasteiger partial charge in [0.25, 0.3) is 0 Å². The zero-order valence-corrected chi connectivity index (χ0v) is 12.7. The molecule has 1 atom stereocenters. The van der Waals surface area contributed by atoms with E-state index >= 15 is 0 Å². The lowest BCUT2D eigenvalue weighted by Crippen LogP contribution is -2.25. The first-order chi connectivity index (χ1) is 9.20. The lowest BCUT2D eigenvalue weighted by atomic mass is 9.83. The normalized spacial score (nSPS) is 18.5. The smallest absolute Gasteiger partial charge is 0.0423 e. The fourth-order valence-electron chi connectivity index (χ4n) is 3.39. The average Bonchev–Trinajstić information content (AvgIpc) is 2.39. The van der Waals surface area contributed by atoms with Crippen LogP contribution in [0, 0.1) is 19.8 Å². The second kappa shape index (κ2) is 7.04. The van der Waals surface area contributed by atoms with E-state index in [0.717, 1.165) is 18.2 Å². The molecule has 106 valence electrons. The van der Waals surface area contributed by atoms with Crippen LogP contribution in [0.2, 0.25) is 0 Å². The third-order valence-electron chi connectivity index (χ3n) is 4.39. The van der Waals surface area contributed by atoms with Crippen molar-refractivity contribution in [2.45, 2.75) is 65.3 Å². The van der Waals surface area contributed by atoms with Gasteiger partial charge in [-0.2, -0.15) is 0 Å². The molecular formula is C17H28N2. The molecule has 1 heterocycles. The van der Waals surface area contributed by atoms with E-state index in [4.69, 9.17) is 0 Å². The summed E-state index contributed by atoms with van der Waals surface area (Å²) < 4.78 is 0. The summed E-state index contributed by atoms with van der Waals surface area (Å²) in [5, 5.41) is 3.67. The summed E-state index contributed by atoms with van der Waals surface area (Å²) in [7, 11) is 0. The molecule has 1 aliphatic rings. The Labute approximate surface area is 118 Å². The molecule has 0 amide bonds. The molecule has 0 aromatic carbocycles. The summed E-state index contributed by atoms with van der Waals surface area (Å²) in [6.07, 6.45) is 8.40. The van der Waals surface area contributed by atoms with Gasteiger partial charge in [-0.25, -0.2) is 0 Å². The standard InChI is InChI=1S/C17H28N2/c1-4-18-17(12-15-8-6-5-7-9-15)16-11-10-13(2)19-14(16)3/h10-11,15,17-18H,4-9,12H2,1-3H3. The quantitative estimate of drug-likeness (QED) is 0.853. The van der Waals surface area contributed by atoms with Crippen LogP contribution in [0.3, 0.4) is 0 Å². The summed E-state index contributed by atoms with van der Waals surface area (Å²) >= 11 is 0. The van der Waals surface area contributed by atoms with Crippen molar-refractivity contribution >= 4 is 0 Å². The lowest BCUT2D eigenvalue weighted by molar-refractivity contribution is 0.301. The van der Waals surface area contributed by atoms with Crippen molar-refractivity contribution < 1.29 is 0 Å². The van der Waals surface area contributed by atoms with Crippen molar-refractivity contribution in [3.05, 3.63) is 29.1 Å². The molecule has 1 fully saturated rings. The molecule has 1 unspecified atom stereocenters. The van der Waals surface area contributed by atoms with Crippen molar-refractivity contribution in [3.63, 3.8) is 0 Å². The number of pyridine rings is 1. The van der Waals surface area contributed by atoms with E-state index in [0.29, 0.717) is 6.04 Å². The Morgan fingerprint density at radius 1 is 1.21 bits per heavy atom. The van der Waals surface area contributed by atoms with Crippen molar-refractivity contribution in [2.24, 2.45) is 5.92 Å². The lowest BCUT2D eigenvalue weighted by Gasteiger charge is -2.28. The molecule has 0 bridgehead atoms. The maximum absolute atomic E-state index is 4.63. The van der Waals surface area contributed by atoms with Crippen LogP contribution in [0.25, 0.3) is 0 Å². The summed E-state index contributed by atoms with van der Waals surface area (Å²) in [5.74, 6) is 0.901. The molecular weight excluding hydrogens is 232 g/mol. The summed E-state index contributed by atoms with van der Waals surface area (Å²) in [4.78, 5) is 4.63. The highest BCUT2D eigenvalue weighted by molar-refractivity contribution is 5.25. The van der Waals surface area contributed by atoms with Crippen LogP contribution in [-0.2, 0) is 0 Å². The minimum atomic E-state index is 0.487. The largest absolute Gasteiger partial charge is 0.310 e. The van der Waals surface area contributed by atoms with Crippen molar-refractivity contribution in [1.29, 1.82) is 0 Å². The molecule has 1 saturated carbocycles. The van der Waals surface area contributed by atoms with Crippen LogP contribution < -0.4 is 5.32 Å². The minimum Gasteiger partial charge on any atom is -0.310 e. The maximum Gasteiger partial charge on any atom is 0.0423 e. The van der Waals surface area contributed by atoms with Gasteiger partial charge in [0.15, 0.2) is 0 Å². The van der Waals surface area contributed by atoms with Crippen LogP contribution in [-0.4, -0.2) is 11.5 Å². The Kier molecular flexibility index (Phi) is 5.38. The summed E-state index contributed by atoms with van der Waals surface area (Å²) in [6, 6.07) is 4.91. The summed E-state index contributed by atoms with van der Waals surface area (Å²) in [5.41, 5.74) is 3.72. The van der Waals surface area contributed by atoms with Gasteiger partial charge in [0.1, 0.15) is 0 Å². The number of rotatable bonds is 5. The molecule has 1 aromatic rings. The van der Waals surface area contributed by atoms with E-state index in [1.54, 1.807) is 0 Å². The van der Waals surface area contributed by atoms with Gasteiger partial charge in [-0.15, -0.1) is 0 Å². The Morgan fingerprint density at radius 2 is 1.95 bits per heavy atom. The average molecular weight is 260 g/mol. The number of hydrogen-bond donors (Lipinski definition) is 1. The molecule has 1 aliphatic carbocycles. The number of nitrogens with one attached hydrogen (secondary N) is 1. The van der Waals surface area contributed by atoms with Gasteiger partial charge < -0.3 is 5.32 Å². The Bertz CT molecular complexity index is 394. The molecule has 0 radical (unpaired) electrons. The predicted octanol–water partition coefficient (Wildman–Crippen LogP) is 4.32. The first kappa shape index (κ1) is 14.5. The van der Waals surface area contributed by atoms with E-state index < -0.39 is 0 Å². The monoisotopic (exact) mass is 260 g/mol. The minimum absolute atomic E-state index is 0.487. The highest BCUT2D eigenvalue weighted by Gasteiger charge is 2.21. The molecule has 2 nitrogen and oxygen atoms in total.